The van der Waals surface area contributed by atoms with Crippen LogP contribution in [0.25, 0.3) is 17.4 Å². The van der Waals surface area contributed by atoms with Crippen molar-refractivity contribution in [3.8, 4) is 0 Å². The van der Waals surface area contributed by atoms with Crippen LogP contribution in [-0.2, 0) is 13.1 Å². The summed E-state index contributed by atoms with van der Waals surface area (Å²) in [5.41, 5.74) is 8.38. The normalized spacial score (nSPS) is 19.9. The SMILES string of the molecule is C=C1c2cncc(N3CC(CN(C)C)C3)c2C=CN1Cc1cn2cc(CN3CCC(C)(C)CC3)ccc2n1. The largest absolute Gasteiger partial charge is 0.369 e. The standard InChI is InChI=1S/C31H41N7/c1-23-28-14-32-15-29(37-19-25(20-37)16-34(4)5)27(28)8-11-36(23)21-26-22-38-18-24(6-7-30(38)33-26)17-35-12-9-31(2,3)10-13-35/h6-8,11,14-15,18,22,25H,1,9-10,12-13,16-17,19-21H2,2-5H3. The van der Waals surface area contributed by atoms with E-state index in [-0.39, 0.29) is 0 Å². The van der Waals surface area contributed by atoms with Gasteiger partial charge in [0.1, 0.15) is 5.65 Å². The second-order valence-electron chi connectivity index (χ2n) is 12.5. The van der Waals surface area contributed by atoms with Crippen molar-refractivity contribution >= 4 is 23.1 Å². The molecule has 0 atom stereocenters. The number of imidazole rings is 1. The summed E-state index contributed by atoms with van der Waals surface area (Å²) in [6, 6.07) is 4.38. The first-order chi connectivity index (χ1) is 18.2. The molecule has 200 valence electrons. The first-order valence-corrected chi connectivity index (χ1v) is 13.9. The van der Waals surface area contributed by atoms with Crippen LogP contribution in [0, 0.1) is 11.3 Å². The lowest BCUT2D eigenvalue weighted by atomic mass is 9.82. The summed E-state index contributed by atoms with van der Waals surface area (Å²) >= 11 is 0. The molecular weight excluding hydrogens is 470 g/mol. The van der Waals surface area contributed by atoms with Crippen LogP contribution in [0.2, 0.25) is 0 Å². The molecular formula is C31H41N7. The summed E-state index contributed by atoms with van der Waals surface area (Å²) in [7, 11) is 4.29. The van der Waals surface area contributed by atoms with Gasteiger partial charge >= 0.3 is 0 Å². The topological polar surface area (TPSA) is 43.2 Å². The smallest absolute Gasteiger partial charge is 0.137 e. The molecule has 0 bridgehead atoms. The molecule has 0 spiro atoms. The molecule has 0 radical (unpaired) electrons. The molecule has 0 saturated carbocycles. The maximum absolute atomic E-state index is 4.91. The minimum Gasteiger partial charge on any atom is -0.369 e. The van der Waals surface area contributed by atoms with E-state index in [0.717, 1.165) is 54.7 Å². The lowest BCUT2D eigenvalue weighted by Gasteiger charge is -2.43. The van der Waals surface area contributed by atoms with E-state index in [0.29, 0.717) is 12.0 Å². The Bertz CT molecular complexity index is 1350. The van der Waals surface area contributed by atoms with Crippen LogP contribution >= 0.6 is 0 Å². The van der Waals surface area contributed by atoms with E-state index in [2.05, 4.69) is 100 Å². The van der Waals surface area contributed by atoms with E-state index in [4.69, 9.17) is 4.98 Å². The first kappa shape index (κ1) is 25.1. The van der Waals surface area contributed by atoms with Crippen molar-refractivity contribution < 1.29 is 0 Å². The van der Waals surface area contributed by atoms with E-state index < -0.39 is 0 Å². The maximum atomic E-state index is 4.91. The van der Waals surface area contributed by atoms with Crippen LogP contribution in [-0.4, -0.2) is 75.9 Å². The van der Waals surface area contributed by atoms with Crippen LogP contribution in [0.3, 0.4) is 0 Å². The zero-order chi connectivity index (χ0) is 26.4. The molecule has 3 aliphatic rings. The van der Waals surface area contributed by atoms with E-state index >= 15 is 0 Å². The Hall–Kier alpha value is -3.16. The molecule has 7 nitrogen and oxygen atoms in total. The molecule has 3 aromatic rings. The van der Waals surface area contributed by atoms with Gasteiger partial charge in [-0.1, -0.05) is 26.5 Å². The van der Waals surface area contributed by atoms with E-state index in [1.54, 1.807) is 0 Å². The van der Waals surface area contributed by atoms with Crippen molar-refractivity contribution in [2.24, 2.45) is 11.3 Å². The average Bonchev–Trinajstić information content (AvgIpc) is 3.26. The molecule has 6 rings (SSSR count). The molecule has 0 amide bonds. The van der Waals surface area contributed by atoms with Gasteiger partial charge in [-0.15, -0.1) is 0 Å². The number of fused-ring (bicyclic) bond motifs is 2. The third kappa shape index (κ3) is 5.09. The van der Waals surface area contributed by atoms with Crippen molar-refractivity contribution in [2.75, 3.05) is 51.7 Å². The van der Waals surface area contributed by atoms with Crippen LogP contribution in [0.15, 0.2) is 49.7 Å². The summed E-state index contributed by atoms with van der Waals surface area (Å²) in [5, 5.41) is 0. The van der Waals surface area contributed by atoms with Gasteiger partial charge in [-0.25, -0.2) is 4.98 Å². The highest BCUT2D eigenvalue weighted by atomic mass is 15.2. The second kappa shape index (κ2) is 9.86. The first-order valence-electron chi connectivity index (χ1n) is 13.9. The number of hydrogen-bond acceptors (Lipinski definition) is 6. The second-order valence-corrected chi connectivity index (χ2v) is 12.5. The predicted molar refractivity (Wildman–Crippen MR) is 156 cm³/mol. The van der Waals surface area contributed by atoms with Crippen LogP contribution in [0.5, 0.6) is 0 Å². The number of pyridine rings is 2. The van der Waals surface area contributed by atoms with Gasteiger partial charge < -0.3 is 19.1 Å². The lowest BCUT2D eigenvalue weighted by Crippen LogP contribution is -2.51. The van der Waals surface area contributed by atoms with Gasteiger partial charge in [0.05, 0.1) is 24.1 Å². The number of nitrogens with zero attached hydrogens (tertiary/aromatic N) is 7. The molecule has 0 aromatic carbocycles. The summed E-state index contributed by atoms with van der Waals surface area (Å²) in [6.07, 6.45) is 15.3. The third-order valence-electron chi connectivity index (χ3n) is 8.48. The van der Waals surface area contributed by atoms with Gasteiger partial charge in [-0.05, 0) is 63.1 Å². The zero-order valence-electron chi connectivity index (χ0n) is 23.4. The van der Waals surface area contributed by atoms with Crippen molar-refractivity contribution in [2.45, 2.75) is 39.8 Å². The number of rotatable bonds is 7. The molecule has 3 aliphatic heterocycles. The van der Waals surface area contributed by atoms with Gasteiger partial charge in [-0.2, -0.15) is 0 Å². The number of aromatic nitrogens is 3. The monoisotopic (exact) mass is 511 g/mol. The number of piperidine rings is 1. The molecule has 2 fully saturated rings. The van der Waals surface area contributed by atoms with E-state index in [1.807, 2.05) is 12.4 Å². The molecule has 0 aliphatic carbocycles. The Morgan fingerprint density at radius 3 is 2.61 bits per heavy atom. The lowest BCUT2D eigenvalue weighted by molar-refractivity contribution is 0.127. The van der Waals surface area contributed by atoms with Crippen molar-refractivity contribution in [1.29, 1.82) is 0 Å². The highest BCUT2D eigenvalue weighted by Gasteiger charge is 2.30. The zero-order valence-corrected chi connectivity index (χ0v) is 23.4. The summed E-state index contributed by atoms with van der Waals surface area (Å²) < 4.78 is 2.18. The van der Waals surface area contributed by atoms with Gasteiger partial charge in [0.2, 0.25) is 0 Å². The fourth-order valence-corrected chi connectivity index (χ4v) is 6.08. The number of anilines is 1. The Morgan fingerprint density at radius 2 is 1.84 bits per heavy atom. The fourth-order valence-electron chi connectivity index (χ4n) is 6.08. The molecule has 6 heterocycles. The summed E-state index contributed by atoms with van der Waals surface area (Å²) in [5.74, 6) is 0.718. The maximum Gasteiger partial charge on any atom is 0.137 e. The highest BCUT2D eigenvalue weighted by molar-refractivity contribution is 5.83. The van der Waals surface area contributed by atoms with Gasteiger partial charge in [0.15, 0.2) is 0 Å². The van der Waals surface area contributed by atoms with Crippen molar-refractivity contribution in [3.63, 3.8) is 0 Å². The van der Waals surface area contributed by atoms with Gasteiger partial charge in [0.25, 0.3) is 0 Å². The molecule has 7 heteroatoms. The predicted octanol–water partition coefficient (Wildman–Crippen LogP) is 4.81. The third-order valence-corrected chi connectivity index (χ3v) is 8.48. The van der Waals surface area contributed by atoms with E-state index in [9.17, 15) is 0 Å². The number of hydrogen-bond donors (Lipinski definition) is 0. The minimum absolute atomic E-state index is 0.481. The number of likely N-dealkylation sites (tertiary alicyclic amines) is 1. The van der Waals surface area contributed by atoms with Crippen molar-refractivity contribution in [1.82, 2.24) is 29.1 Å². The average molecular weight is 512 g/mol. The summed E-state index contributed by atoms with van der Waals surface area (Å²) in [6.45, 7) is 16.6. The molecule has 3 aromatic heterocycles. The van der Waals surface area contributed by atoms with Crippen LogP contribution in [0.4, 0.5) is 5.69 Å². The summed E-state index contributed by atoms with van der Waals surface area (Å²) in [4.78, 5) is 19.0. The van der Waals surface area contributed by atoms with Crippen LogP contribution < -0.4 is 4.90 Å². The fraction of sp³-hybridized carbons (Fsp3) is 0.484. The quantitative estimate of drug-likeness (QED) is 0.454. The van der Waals surface area contributed by atoms with Gasteiger partial charge in [0, 0.05) is 73.7 Å². The molecule has 38 heavy (non-hydrogen) atoms. The van der Waals surface area contributed by atoms with Crippen molar-refractivity contribution in [3.05, 3.63) is 72.1 Å². The van der Waals surface area contributed by atoms with Gasteiger partial charge in [-0.3, -0.25) is 9.88 Å². The molecule has 2 saturated heterocycles. The Morgan fingerprint density at radius 1 is 1.05 bits per heavy atom. The van der Waals surface area contributed by atoms with E-state index in [1.165, 1.54) is 42.7 Å². The highest BCUT2D eigenvalue weighted by Crippen LogP contribution is 2.37. The Labute approximate surface area is 227 Å². The Kier molecular flexibility index (Phi) is 6.52. The molecule has 0 unspecified atom stereocenters. The Balaban J connectivity index is 1.13. The van der Waals surface area contributed by atoms with Crippen LogP contribution in [0.1, 0.15) is 49.1 Å². The molecule has 0 N–H and O–H groups in total. The minimum atomic E-state index is 0.481.